The molecule has 0 bridgehead atoms. The second kappa shape index (κ2) is 8.38. The van der Waals surface area contributed by atoms with E-state index in [9.17, 15) is 4.79 Å². The Hall–Kier alpha value is -1.75. The summed E-state index contributed by atoms with van der Waals surface area (Å²) in [6.07, 6.45) is 5.27. The SMILES string of the molecule is CCCCNC(=O)CN1CCC[C@@H]1c1ccc2c(c1)OCCCO2. The molecule has 1 aromatic rings. The molecule has 2 aliphatic heterocycles. The number of ether oxygens (including phenoxy) is 2. The fraction of sp³-hybridized carbons (Fsp3) is 0.632. The van der Waals surface area contributed by atoms with E-state index in [-0.39, 0.29) is 5.91 Å². The van der Waals surface area contributed by atoms with Crippen molar-refractivity contribution in [2.24, 2.45) is 0 Å². The Bertz CT molecular complexity index is 562. The van der Waals surface area contributed by atoms with Gasteiger partial charge in [-0.2, -0.15) is 0 Å². The number of benzene rings is 1. The van der Waals surface area contributed by atoms with Gasteiger partial charge in [-0.1, -0.05) is 19.4 Å². The van der Waals surface area contributed by atoms with Gasteiger partial charge in [-0.25, -0.2) is 0 Å². The largest absolute Gasteiger partial charge is 0.490 e. The van der Waals surface area contributed by atoms with Crippen LogP contribution in [-0.2, 0) is 4.79 Å². The first kappa shape index (κ1) is 17.1. The Kier molecular flexibility index (Phi) is 5.96. The summed E-state index contributed by atoms with van der Waals surface area (Å²) in [5.74, 6) is 1.80. The summed E-state index contributed by atoms with van der Waals surface area (Å²) in [4.78, 5) is 14.4. The lowest BCUT2D eigenvalue weighted by Gasteiger charge is -2.25. The number of amides is 1. The Morgan fingerprint density at radius 1 is 1.25 bits per heavy atom. The van der Waals surface area contributed by atoms with Crippen LogP contribution in [0.2, 0.25) is 0 Å². The van der Waals surface area contributed by atoms with E-state index in [0.717, 1.165) is 56.7 Å². The molecular weight excluding hydrogens is 304 g/mol. The van der Waals surface area contributed by atoms with Crippen molar-refractivity contribution in [3.8, 4) is 11.5 Å². The molecule has 0 aliphatic carbocycles. The minimum absolute atomic E-state index is 0.129. The number of hydrogen-bond donors (Lipinski definition) is 1. The number of likely N-dealkylation sites (tertiary alicyclic amines) is 1. The molecule has 0 saturated carbocycles. The zero-order valence-corrected chi connectivity index (χ0v) is 14.6. The number of nitrogens with one attached hydrogen (secondary N) is 1. The van der Waals surface area contributed by atoms with Gasteiger partial charge < -0.3 is 14.8 Å². The van der Waals surface area contributed by atoms with Crippen molar-refractivity contribution in [2.75, 3.05) is 32.8 Å². The molecule has 0 unspecified atom stereocenters. The highest BCUT2D eigenvalue weighted by Gasteiger charge is 2.28. The Morgan fingerprint density at radius 2 is 2.08 bits per heavy atom. The Morgan fingerprint density at radius 3 is 2.92 bits per heavy atom. The van der Waals surface area contributed by atoms with Gasteiger partial charge in [0.05, 0.1) is 19.8 Å². The number of nitrogens with zero attached hydrogens (tertiary/aromatic N) is 1. The van der Waals surface area contributed by atoms with Crippen molar-refractivity contribution >= 4 is 5.91 Å². The molecule has 1 atom stereocenters. The third-order valence-electron chi connectivity index (χ3n) is 4.72. The predicted molar refractivity (Wildman–Crippen MR) is 93.5 cm³/mol. The van der Waals surface area contributed by atoms with Gasteiger partial charge in [0.15, 0.2) is 11.5 Å². The van der Waals surface area contributed by atoms with Crippen LogP contribution in [0.3, 0.4) is 0 Å². The van der Waals surface area contributed by atoms with Crippen molar-refractivity contribution in [1.82, 2.24) is 10.2 Å². The van der Waals surface area contributed by atoms with E-state index in [4.69, 9.17) is 9.47 Å². The average molecular weight is 332 g/mol. The summed E-state index contributed by atoms with van der Waals surface area (Å²) in [6.45, 7) is 5.76. The minimum Gasteiger partial charge on any atom is -0.490 e. The zero-order chi connectivity index (χ0) is 16.8. The van der Waals surface area contributed by atoms with Crippen LogP contribution >= 0.6 is 0 Å². The lowest BCUT2D eigenvalue weighted by atomic mass is 10.0. The molecule has 5 nitrogen and oxygen atoms in total. The van der Waals surface area contributed by atoms with E-state index in [0.29, 0.717) is 25.8 Å². The Labute approximate surface area is 144 Å². The van der Waals surface area contributed by atoms with E-state index in [1.807, 2.05) is 6.07 Å². The highest BCUT2D eigenvalue weighted by Crippen LogP contribution is 2.37. The molecule has 1 fully saturated rings. The fourth-order valence-electron chi connectivity index (χ4n) is 3.42. The minimum atomic E-state index is 0.129. The summed E-state index contributed by atoms with van der Waals surface area (Å²) >= 11 is 0. The van der Waals surface area contributed by atoms with E-state index in [1.54, 1.807) is 0 Å². The van der Waals surface area contributed by atoms with Gasteiger partial charge in [0.2, 0.25) is 5.91 Å². The molecule has 3 rings (SSSR count). The molecule has 0 radical (unpaired) electrons. The summed E-state index contributed by atoms with van der Waals surface area (Å²) in [6, 6.07) is 6.51. The lowest BCUT2D eigenvalue weighted by Crippen LogP contribution is -2.37. The lowest BCUT2D eigenvalue weighted by molar-refractivity contribution is -0.122. The monoisotopic (exact) mass is 332 g/mol. The van der Waals surface area contributed by atoms with Crippen LogP contribution in [0.25, 0.3) is 0 Å². The van der Waals surface area contributed by atoms with Gasteiger partial charge in [0.25, 0.3) is 0 Å². The van der Waals surface area contributed by atoms with Gasteiger partial charge in [-0.3, -0.25) is 9.69 Å². The third-order valence-corrected chi connectivity index (χ3v) is 4.72. The summed E-state index contributed by atoms with van der Waals surface area (Å²) in [5.41, 5.74) is 1.22. The smallest absolute Gasteiger partial charge is 0.234 e. The normalized spacial score (nSPS) is 20.6. The number of fused-ring (bicyclic) bond motifs is 1. The second-order valence-electron chi connectivity index (χ2n) is 6.59. The van der Waals surface area contributed by atoms with E-state index < -0.39 is 0 Å². The molecule has 5 heteroatoms. The highest BCUT2D eigenvalue weighted by molar-refractivity contribution is 5.78. The fourth-order valence-corrected chi connectivity index (χ4v) is 3.42. The molecule has 2 heterocycles. The first-order chi connectivity index (χ1) is 11.8. The topological polar surface area (TPSA) is 50.8 Å². The molecule has 1 amide bonds. The van der Waals surface area contributed by atoms with E-state index in [1.165, 1.54) is 5.56 Å². The molecule has 1 aromatic carbocycles. The first-order valence-electron chi connectivity index (χ1n) is 9.18. The van der Waals surface area contributed by atoms with Crippen LogP contribution in [0.1, 0.15) is 50.6 Å². The molecule has 1 saturated heterocycles. The molecule has 0 aromatic heterocycles. The van der Waals surface area contributed by atoms with Crippen LogP contribution in [-0.4, -0.2) is 43.7 Å². The average Bonchev–Trinajstić information content (AvgIpc) is 2.90. The van der Waals surface area contributed by atoms with Crippen molar-refractivity contribution in [3.05, 3.63) is 23.8 Å². The quantitative estimate of drug-likeness (QED) is 0.814. The van der Waals surface area contributed by atoms with Crippen LogP contribution in [0, 0.1) is 0 Å². The summed E-state index contributed by atoms with van der Waals surface area (Å²) in [7, 11) is 0. The predicted octanol–water partition coefficient (Wildman–Crippen LogP) is 2.90. The number of unbranched alkanes of at least 4 members (excludes halogenated alkanes) is 1. The van der Waals surface area contributed by atoms with Gasteiger partial charge in [-0.15, -0.1) is 0 Å². The van der Waals surface area contributed by atoms with Crippen molar-refractivity contribution in [1.29, 1.82) is 0 Å². The maximum absolute atomic E-state index is 12.1. The van der Waals surface area contributed by atoms with Crippen LogP contribution < -0.4 is 14.8 Å². The van der Waals surface area contributed by atoms with Crippen molar-refractivity contribution in [3.63, 3.8) is 0 Å². The molecule has 0 spiro atoms. The zero-order valence-electron chi connectivity index (χ0n) is 14.6. The van der Waals surface area contributed by atoms with Crippen LogP contribution in [0.4, 0.5) is 0 Å². The number of carbonyl (C=O) groups excluding carboxylic acids is 1. The van der Waals surface area contributed by atoms with Crippen LogP contribution in [0.5, 0.6) is 11.5 Å². The third kappa shape index (κ3) is 4.20. The molecule has 24 heavy (non-hydrogen) atoms. The standard InChI is InChI=1S/C19H28N2O3/c1-2-3-9-20-19(22)14-21-10-4-6-16(21)15-7-8-17-18(13-15)24-12-5-11-23-17/h7-8,13,16H,2-6,9-12,14H2,1H3,(H,20,22)/t16-/m1/s1. The number of hydrogen-bond acceptors (Lipinski definition) is 4. The first-order valence-corrected chi connectivity index (χ1v) is 9.18. The second-order valence-corrected chi connectivity index (χ2v) is 6.59. The number of carbonyl (C=O) groups is 1. The summed E-state index contributed by atoms with van der Waals surface area (Å²) in [5, 5.41) is 3.02. The van der Waals surface area contributed by atoms with Gasteiger partial charge in [0.1, 0.15) is 0 Å². The number of rotatable bonds is 6. The van der Waals surface area contributed by atoms with Crippen LogP contribution in [0.15, 0.2) is 18.2 Å². The van der Waals surface area contributed by atoms with Crippen molar-refractivity contribution < 1.29 is 14.3 Å². The van der Waals surface area contributed by atoms with Gasteiger partial charge in [-0.05, 0) is 43.5 Å². The van der Waals surface area contributed by atoms with E-state index in [2.05, 4.69) is 29.3 Å². The highest BCUT2D eigenvalue weighted by atomic mass is 16.5. The maximum Gasteiger partial charge on any atom is 0.234 e. The Balaban J connectivity index is 1.64. The molecule has 2 aliphatic rings. The molecular formula is C19H28N2O3. The van der Waals surface area contributed by atoms with Gasteiger partial charge >= 0.3 is 0 Å². The molecule has 1 N–H and O–H groups in total. The van der Waals surface area contributed by atoms with Crippen molar-refractivity contribution in [2.45, 2.75) is 45.1 Å². The molecule has 132 valence electrons. The maximum atomic E-state index is 12.1. The van der Waals surface area contributed by atoms with Gasteiger partial charge in [0, 0.05) is 19.0 Å². The van der Waals surface area contributed by atoms with E-state index >= 15 is 0 Å². The summed E-state index contributed by atoms with van der Waals surface area (Å²) < 4.78 is 11.5.